The van der Waals surface area contributed by atoms with Gasteiger partial charge in [0, 0.05) is 32.6 Å². The summed E-state index contributed by atoms with van der Waals surface area (Å²) < 4.78 is 11.3. The van der Waals surface area contributed by atoms with E-state index in [1.165, 1.54) is 5.56 Å². The Labute approximate surface area is 96.5 Å². The van der Waals surface area contributed by atoms with Crippen molar-refractivity contribution >= 4 is 0 Å². The van der Waals surface area contributed by atoms with Crippen LogP contribution in [0.5, 0.6) is 0 Å². The smallest absolute Gasteiger partial charge is 0.0852 e. The number of nitrogens with two attached hydrogens (primary N) is 1. The molecule has 1 aromatic carbocycles. The summed E-state index contributed by atoms with van der Waals surface area (Å²) in [5.74, 6) is 0. The van der Waals surface area contributed by atoms with Crippen molar-refractivity contribution in [3.8, 4) is 0 Å². The maximum Gasteiger partial charge on any atom is 0.0852 e. The molecule has 0 aliphatic carbocycles. The van der Waals surface area contributed by atoms with Gasteiger partial charge in [-0.05, 0) is 5.56 Å². The quantitative estimate of drug-likeness (QED) is 0.841. The van der Waals surface area contributed by atoms with E-state index in [0.717, 1.165) is 26.1 Å². The Bertz CT molecular complexity index is 307. The van der Waals surface area contributed by atoms with Crippen LogP contribution in [0.3, 0.4) is 0 Å². The van der Waals surface area contributed by atoms with E-state index in [0.29, 0.717) is 13.2 Å². The Morgan fingerprint density at radius 2 is 1.88 bits per heavy atom. The highest BCUT2D eigenvalue weighted by Gasteiger charge is 2.31. The third-order valence-corrected chi connectivity index (χ3v) is 3.16. The molecule has 0 atom stereocenters. The summed E-state index contributed by atoms with van der Waals surface area (Å²) in [7, 11) is 0. The van der Waals surface area contributed by atoms with E-state index in [4.69, 9.17) is 15.2 Å². The molecule has 0 unspecified atom stereocenters. The Morgan fingerprint density at radius 1 is 1.19 bits per heavy atom. The fraction of sp³-hybridized carbons (Fsp3) is 0.538. The van der Waals surface area contributed by atoms with Gasteiger partial charge in [0.2, 0.25) is 0 Å². The molecular formula is C13H19NO2. The average molecular weight is 221 g/mol. The van der Waals surface area contributed by atoms with E-state index >= 15 is 0 Å². The molecule has 0 spiro atoms. The summed E-state index contributed by atoms with van der Waals surface area (Å²) in [6, 6.07) is 10.2. The predicted octanol–water partition coefficient (Wildman–Crippen LogP) is 1.71. The van der Waals surface area contributed by atoms with Crippen LogP contribution in [-0.2, 0) is 16.1 Å². The van der Waals surface area contributed by atoms with Crippen LogP contribution in [0.15, 0.2) is 30.3 Å². The molecule has 0 saturated carbocycles. The van der Waals surface area contributed by atoms with Crippen molar-refractivity contribution in [3.63, 3.8) is 0 Å². The van der Waals surface area contributed by atoms with Crippen LogP contribution in [0.1, 0.15) is 18.4 Å². The minimum atomic E-state index is -0.173. The van der Waals surface area contributed by atoms with Crippen molar-refractivity contribution in [1.82, 2.24) is 0 Å². The van der Waals surface area contributed by atoms with Crippen LogP contribution in [0.2, 0.25) is 0 Å². The lowest BCUT2D eigenvalue weighted by Gasteiger charge is -2.36. The van der Waals surface area contributed by atoms with Crippen molar-refractivity contribution in [2.45, 2.75) is 25.0 Å². The molecule has 0 bridgehead atoms. The first-order valence-corrected chi connectivity index (χ1v) is 5.80. The van der Waals surface area contributed by atoms with Crippen molar-refractivity contribution in [2.24, 2.45) is 5.73 Å². The summed E-state index contributed by atoms with van der Waals surface area (Å²) in [5.41, 5.74) is 6.85. The van der Waals surface area contributed by atoms with Crippen LogP contribution in [0.25, 0.3) is 0 Å². The minimum absolute atomic E-state index is 0.173. The van der Waals surface area contributed by atoms with Crippen LogP contribution in [0, 0.1) is 0 Å². The largest absolute Gasteiger partial charge is 0.381 e. The van der Waals surface area contributed by atoms with Crippen LogP contribution in [-0.4, -0.2) is 25.4 Å². The van der Waals surface area contributed by atoms with Gasteiger partial charge in [-0.15, -0.1) is 0 Å². The molecule has 3 nitrogen and oxygen atoms in total. The Hall–Kier alpha value is -0.900. The molecule has 0 amide bonds. The number of rotatable bonds is 4. The summed E-state index contributed by atoms with van der Waals surface area (Å²) in [6.07, 6.45) is 1.80. The normalized spacial score (nSPS) is 19.6. The third-order valence-electron chi connectivity index (χ3n) is 3.16. The summed E-state index contributed by atoms with van der Waals surface area (Å²) >= 11 is 0. The molecule has 1 aliphatic heterocycles. The highest BCUT2D eigenvalue weighted by molar-refractivity contribution is 5.13. The first-order chi connectivity index (χ1) is 7.85. The van der Waals surface area contributed by atoms with Crippen molar-refractivity contribution in [1.29, 1.82) is 0 Å². The maximum absolute atomic E-state index is 6.00. The van der Waals surface area contributed by atoms with Gasteiger partial charge >= 0.3 is 0 Å². The molecule has 0 aromatic heterocycles. The van der Waals surface area contributed by atoms with E-state index in [-0.39, 0.29) is 5.60 Å². The molecule has 3 heteroatoms. The van der Waals surface area contributed by atoms with E-state index < -0.39 is 0 Å². The Morgan fingerprint density at radius 3 is 2.50 bits per heavy atom. The zero-order chi connectivity index (χ0) is 11.3. The number of hydrogen-bond acceptors (Lipinski definition) is 3. The second-order valence-corrected chi connectivity index (χ2v) is 4.27. The van der Waals surface area contributed by atoms with Gasteiger partial charge in [0.25, 0.3) is 0 Å². The van der Waals surface area contributed by atoms with Gasteiger partial charge in [0.1, 0.15) is 0 Å². The van der Waals surface area contributed by atoms with E-state index in [2.05, 4.69) is 12.1 Å². The SMILES string of the molecule is NCC1(OCc2ccccc2)CCOCC1. The summed E-state index contributed by atoms with van der Waals surface area (Å²) in [4.78, 5) is 0. The maximum atomic E-state index is 6.00. The first kappa shape index (κ1) is 11.6. The molecule has 1 aromatic rings. The average Bonchev–Trinajstić information content (AvgIpc) is 2.39. The zero-order valence-electron chi connectivity index (χ0n) is 9.52. The number of benzene rings is 1. The second-order valence-electron chi connectivity index (χ2n) is 4.27. The van der Waals surface area contributed by atoms with Gasteiger partial charge in [0.05, 0.1) is 12.2 Å². The molecule has 1 heterocycles. The van der Waals surface area contributed by atoms with Crippen molar-refractivity contribution in [3.05, 3.63) is 35.9 Å². The standard InChI is InChI=1S/C13H19NO2/c14-11-13(6-8-15-9-7-13)16-10-12-4-2-1-3-5-12/h1-5H,6-11,14H2. The molecule has 88 valence electrons. The highest BCUT2D eigenvalue weighted by Crippen LogP contribution is 2.25. The fourth-order valence-electron chi connectivity index (χ4n) is 1.96. The topological polar surface area (TPSA) is 44.5 Å². The van der Waals surface area contributed by atoms with Crippen LogP contribution >= 0.6 is 0 Å². The summed E-state index contributed by atoms with van der Waals surface area (Å²) in [6.45, 7) is 2.72. The number of ether oxygens (including phenoxy) is 2. The van der Waals surface area contributed by atoms with Gasteiger partial charge in [-0.1, -0.05) is 30.3 Å². The Balaban J connectivity index is 1.92. The molecule has 2 rings (SSSR count). The molecule has 1 saturated heterocycles. The van der Waals surface area contributed by atoms with Gasteiger partial charge in [-0.25, -0.2) is 0 Å². The Kier molecular flexibility index (Phi) is 3.93. The molecule has 1 aliphatic rings. The highest BCUT2D eigenvalue weighted by atomic mass is 16.5. The minimum Gasteiger partial charge on any atom is -0.381 e. The van der Waals surface area contributed by atoms with E-state index in [1.54, 1.807) is 0 Å². The lowest BCUT2D eigenvalue weighted by molar-refractivity contribution is -0.112. The monoisotopic (exact) mass is 221 g/mol. The first-order valence-electron chi connectivity index (χ1n) is 5.80. The lowest BCUT2D eigenvalue weighted by Crippen LogP contribution is -2.45. The van der Waals surface area contributed by atoms with Gasteiger partial charge < -0.3 is 15.2 Å². The van der Waals surface area contributed by atoms with Gasteiger partial charge in [0.15, 0.2) is 0 Å². The van der Waals surface area contributed by atoms with E-state index in [9.17, 15) is 0 Å². The van der Waals surface area contributed by atoms with Crippen molar-refractivity contribution < 1.29 is 9.47 Å². The summed E-state index contributed by atoms with van der Waals surface area (Å²) in [5, 5.41) is 0. The third kappa shape index (κ3) is 2.82. The molecule has 2 N–H and O–H groups in total. The second kappa shape index (κ2) is 5.43. The molecule has 1 fully saturated rings. The molecule has 16 heavy (non-hydrogen) atoms. The number of hydrogen-bond donors (Lipinski definition) is 1. The lowest BCUT2D eigenvalue weighted by atomic mass is 9.94. The van der Waals surface area contributed by atoms with Crippen molar-refractivity contribution in [2.75, 3.05) is 19.8 Å². The van der Waals surface area contributed by atoms with Gasteiger partial charge in [-0.2, -0.15) is 0 Å². The zero-order valence-corrected chi connectivity index (χ0v) is 9.52. The predicted molar refractivity (Wildman–Crippen MR) is 63.1 cm³/mol. The molecular weight excluding hydrogens is 202 g/mol. The molecule has 0 radical (unpaired) electrons. The van der Waals surface area contributed by atoms with Crippen LogP contribution < -0.4 is 5.73 Å². The van der Waals surface area contributed by atoms with Gasteiger partial charge in [-0.3, -0.25) is 0 Å². The fourth-order valence-corrected chi connectivity index (χ4v) is 1.96. The van der Waals surface area contributed by atoms with Crippen LogP contribution in [0.4, 0.5) is 0 Å². The van der Waals surface area contributed by atoms with E-state index in [1.807, 2.05) is 18.2 Å².